The van der Waals surface area contributed by atoms with E-state index in [1.54, 1.807) is 10.8 Å². The topological polar surface area (TPSA) is 17.1 Å². The van der Waals surface area contributed by atoms with Gasteiger partial charge in [-0.2, -0.15) is 0 Å². The van der Waals surface area contributed by atoms with Crippen molar-refractivity contribution in [3.8, 4) is 0 Å². The van der Waals surface area contributed by atoms with Crippen LogP contribution in [0.25, 0.3) is 0 Å². The largest absolute Gasteiger partial charge is 0.287 e. The summed E-state index contributed by atoms with van der Waals surface area (Å²) in [5.74, 6) is 1.68. The smallest absolute Gasteiger partial charge is 0.193 e. The van der Waals surface area contributed by atoms with E-state index in [1.807, 2.05) is 23.8 Å². The fourth-order valence-corrected chi connectivity index (χ4v) is 5.62. The molecule has 0 spiro atoms. The Labute approximate surface area is 91.9 Å². The predicted molar refractivity (Wildman–Crippen MR) is 65.0 cm³/mol. The van der Waals surface area contributed by atoms with E-state index in [1.165, 1.54) is 11.8 Å². The van der Waals surface area contributed by atoms with E-state index in [0.717, 1.165) is 5.75 Å². The third kappa shape index (κ3) is 2.96. The summed E-state index contributed by atoms with van der Waals surface area (Å²) in [6.07, 6.45) is 1.90. The van der Waals surface area contributed by atoms with E-state index in [9.17, 15) is 4.79 Å². The molecule has 1 aliphatic rings. The van der Waals surface area contributed by atoms with Crippen LogP contribution in [0.4, 0.5) is 0 Å². The highest BCUT2D eigenvalue weighted by molar-refractivity contribution is 8.78. The summed E-state index contributed by atoms with van der Waals surface area (Å²) >= 11 is 1.50. The van der Waals surface area contributed by atoms with Crippen LogP contribution in [0, 0.1) is 11.8 Å². The SMILES string of the molecule is C=CCSS[C@H]1SC(=O)[C@@H](C)[C@@H]1C. The van der Waals surface area contributed by atoms with E-state index in [0.29, 0.717) is 15.6 Å². The molecule has 4 heteroatoms. The summed E-state index contributed by atoms with van der Waals surface area (Å²) < 4.78 is 0.437. The lowest BCUT2D eigenvalue weighted by molar-refractivity contribution is -0.114. The number of hydrogen-bond acceptors (Lipinski definition) is 4. The Morgan fingerprint density at radius 1 is 1.62 bits per heavy atom. The first-order chi connectivity index (χ1) is 6.16. The molecule has 0 radical (unpaired) electrons. The molecule has 0 N–H and O–H groups in total. The second-order valence-corrected chi connectivity index (χ2v) is 7.12. The van der Waals surface area contributed by atoms with Crippen molar-refractivity contribution in [1.29, 1.82) is 0 Å². The van der Waals surface area contributed by atoms with Crippen molar-refractivity contribution < 1.29 is 4.79 Å². The lowest BCUT2D eigenvalue weighted by Crippen LogP contribution is -2.11. The number of carbonyl (C=O) groups excluding carboxylic acids is 1. The average Bonchev–Trinajstić information content (AvgIpc) is 2.34. The fraction of sp³-hybridized carbons (Fsp3) is 0.667. The van der Waals surface area contributed by atoms with Crippen molar-refractivity contribution in [2.45, 2.75) is 18.4 Å². The number of rotatable bonds is 4. The van der Waals surface area contributed by atoms with Crippen molar-refractivity contribution in [2.75, 3.05) is 5.75 Å². The van der Waals surface area contributed by atoms with Gasteiger partial charge in [0.2, 0.25) is 0 Å². The minimum atomic E-state index is 0.229. The molecule has 0 amide bonds. The van der Waals surface area contributed by atoms with Gasteiger partial charge in [-0.15, -0.1) is 6.58 Å². The number of thioether (sulfide) groups is 1. The second-order valence-electron chi connectivity index (χ2n) is 3.12. The maximum atomic E-state index is 11.3. The molecular weight excluding hydrogens is 220 g/mol. The van der Waals surface area contributed by atoms with Gasteiger partial charge in [-0.05, 0) is 5.92 Å². The lowest BCUT2D eigenvalue weighted by atomic mass is 10.0. The molecule has 1 saturated heterocycles. The summed E-state index contributed by atoms with van der Waals surface area (Å²) in [5, 5.41) is 0.351. The van der Waals surface area contributed by atoms with E-state index in [2.05, 4.69) is 13.5 Å². The summed E-state index contributed by atoms with van der Waals surface area (Å²) in [6.45, 7) is 7.85. The Morgan fingerprint density at radius 2 is 2.31 bits per heavy atom. The molecular formula is C9H14OS3. The molecule has 74 valence electrons. The monoisotopic (exact) mass is 234 g/mol. The van der Waals surface area contributed by atoms with E-state index in [-0.39, 0.29) is 5.92 Å². The molecule has 0 aliphatic carbocycles. The predicted octanol–water partition coefficient (Wildman–Crippen LogP) is 3.43. The van der Waals surface area contributed by atoms with Crippen LogP contribution in [-0.4, -0.2) is 15.5 Å². The van der Waals surface area contributed by atoms with Gasteiger partial charge < -0.3 is 0 Å². The summed E-state index contributed by atoms with van der Waals surface area (Å²) in [4.78, 5) is 11.3. The maximum Gasteiger partial charge on any atom is 0.193 e. The van der Waals surface area contributed by atoms with E-state index in [4.69, 9.17) is 0 Å². The van der Waals surface area contributed by atoms with Gasteiger partial charge in [0.1, 0.15) is 0 Å². The Kier molecular flexibility index (Phi) is 4.76. The Morgan fingerprint density at radius 3 is 2.77 bits per heavy atom. The van der Waals surface area contributed by atoms with Gasteiger partial charge in [-0.3, -0.25) is 4.79 Å². The number of hydrogen-bond donors (Lipinski definition) is 0. The van der Waals surface area contributed by atoms with Crippen molar-refractivity contribution in [2.24, 2.45) is 11.8 Å². The van der Waals surface area contributed by atoms with Crippen LogP contribution in [0.3, 0.4) is 0 Å². The minimum absolute atomic E-state index is 0.229. The van der Waals surface area contributed by atoms with E-state index >= 15 is 0 Å². The first-order valence-corrected chi connectivity index (χ1v) is 7.52. The quantitative estimate of drug-likeness (QED) is 0.421. The Hall–Kier alpha value is 0.460. The number of carbonyl (C=O) groups is 1. The fourth-order valence-electron chi connectivity index (χ4n) is 1.04. The van der Waals surface area contributed by atoms with Crippen LogP contribution < -0.4 is 0 Å². The van der Waals surface area contributed by atoms with Crippen molar-refractivity contribution in [1.82, 2.24) is 0 Å². The Bertz CT molecular complexity index is 205. The molecule has 0 aromatic heterocycles. The molecule has 1 heterocycles. The zero-order chi connectivity index (χ0) is 9.84. The standard InChI is InChI=1S/C9H14OS3/c1-4-5-11-13-9-7(3)6(2)8(10)12-9/h4,6-7,9H,1,5H2,2-3H3/t6-,7-,9+/m0/s1. The highest BCUT2D eigenvalue weighted by atomic mass is 33.1. The molecule has 1 fully saturated rings. The molecule has 1 nitrogen and oxygen atoms in total. The first-order valence-electron chi connectivity index (χ1n) is 4.26. The zero-order valence-electron chi connectivity index (χ0n) is 7.86. The molecule has 0 bridgehead atoms. The van der Waals surface area contributed by atoms with Gasteiger partial charge in [0.25, 0.3) is 0 Å². The average molecular weight is 234 g/mol. The highest BCUT2D eigenvalue weighted by Crippen LogP contribution is 2.47. The van der Waals surface area contributed by atoms with Gasteiger partial charge >= 0.3 is 0 Å². The van der Waals surface area contributed by atoms with Crippen molar-refractivity contribution in [3.63, 3.8) is 0 Å². The van der Waals surface area contributed by atoms with Crippen LogP contribution in [-0.2, 0) is 4.79 Å². The minimum Gasteiger partial charge on any atom is -0.287 e. The zero-order valence-corrected chi connectivity index (χ0v) is 10.3. The molecule has 0 aromatic rings. The van der Waals surface area contributed by atoms with Gasteiger partial charge in [0.05, 0.1) is 4.58 Å². The summed E-state index contributed by atoms with van der Waals surface area (Å²) in [6, 6.07) is 0. The normalized spacial score (nSPS) is 33.7. The van der Waals surface area contributed by atoms with Gasteiger partial charge in [0.15, 0.2) is 5.12 Å². The molecule has 1 aliphatic heterocycles. The molecule has 0 saturated carbocycles. The summed E-state index contributed by atoms with van der Waals surface area (Å²) in [5.41, 5.74) is 0. The summed E-state index contributed by atoms with van der Waals surface area (Å²) in [7, 11) is 3.60. The van der Waals surface area contributed by atoms with E-state index < -0.39 is 0 Å². The van der Waals surface area contributed by atoms with Crippen LogP contribution in [0.2, 0.25) is 0 Å². The molecule has 0 unspecified atom stereocenters. The van der Waals surface area contributed by atoms with Crippen LogP contribution in [0.15, 0.2) is 12.7 Å². The van der Waals surface area contributed by atoms with Crippen molar-refractivity contribution in [3.05, 3.63) is 12.7 Å². The molecule has 1 rings (SSSR count). The van der Waals surface area contributed by atoms with Crippen LogP contribution in [0.1, 0.15) is 13.8 Å². The molecule has 3 atom stereocenters. The third-order valence-corrected chi connectivity index (χ3v) is 6.94. The van der Waals surface area contributed by atoms with Crippen LogP contribution in [0.5, 0.6) is 0 Å². The van der Waals surface area contributed by atoms with Crippen LogP contribution >= 0.6 is 33.3 Å². The molecule has 0 aromatic carbocycles. The highest BCUT2D eigenvalue weighted by Gasteiger charge is 2.37. The second kappa shape index (κ2) is 5.37. The third-order valence-electron chi connectivity index (χ3n) is 2.17. The Balaban J connectivity index is 2.35. The van der Waals surface area contributed by atoms with Gasteiger partial charge in [-0.1, -0.05) is 53.3 Å². The molecule has 13 heavy (non-hydrogen) atoms. The lowest BCUT2D eigenvalue weighted by Gasteiger charge is -2.13. The maximum absolute atomic E-state index is 11.3. The van der Waals surface area contributed by atoms with Gasteiger partial charge in [-0.25, -0.2) is 0 Å². The first kappa shape index (κ1) is 11.5. The van der Waals surface area contributed by atoms with Crippen molar-refractivity contribution >= 4 is 38.5 Å². The van der Waals surface area contributed by atoms with Gasteiger partial charge in [0, 0.05) is 11.7 Å².